The van der Waals surface area contributed by atoms with Crippen LogP contribution in [0.5, 0.6) is 0 Å². The van der Waals surface area contributed by atoms with Crippen LogP contribution in [0.25, 0.3) is 0 Å². The molecule has 2 atom stereocenters. The number of nitrogens with one attached hydrogen (secondary N) is 2. The number of ether oxygens (including phenoxy) is 2. The van der Waals surface area contributed by atoms with Gasteiger partial charge in [-0.25, -0.2) is 9.59 Å². The fourth-order valence-corrected chi connectivity index (χ4v) is 3.93. The van der Waals surface area contributed by atoms with Crippen LogP contribution in [0.15, 0.2) is 0 Å². The van der Waals surface area contributed by atoms with Gasteiger partial charge in [0, 0.05) is 26.3 Å². The third kappa shape index (κ3) is 6.50. The Morgan fingerprint density at radius 2 is 1.12 bits per heavy atom. The maximum absolute atomic E-state index is 9.10. The molecule has 4 heterocycles. The van der Waals surface area contributed by atoms with Crippen LogP contribution in [0.4, 0.5) is 0 Å². The number of carboxylic acids is 2. The average Bonchev–Trinajstić information content (AvgIpc) is 3.28. The second kappa shape index (κ2) is 10.2. The summed E-state index contributed by atoms with van der Waals surface area (Å²) in [4.78, 5) is 18.2. The number of carboxylic acid groups (broad SMARTS) is 2. The van der Waals surface area contributed by atoms with E-state index < -0.39 is 11.9 Å². The largest absolute Gasteiger partial charge is 0.473 e. The first-order valence-corrected chi connectivity index (χ1v) is 9.63. The van der Waals surface area contributed by atoms with Crippen LogP contribution in [-0.2, 0) is 19.1 Å². The van der Waals surface area contributed by atoms with E-state index in [2.05, 4.69) is 10.6 Å². The summed E-state index contributed by atoms with van der Waals surface area (Å²) in [5, 5.41) is 21.5. The lowest BCUT2D eigenvalue weighted by molar-refractivity contribution is -0.159. The van der Waals surface area contributed by atoms with Gasteiger partial charge in [-0.1, -0.05) is 0 Å². The Labute approximate surface area is 154 Å². The Balaban J connectivity index is 0.000000146. The number of aliphatic carboxylic acids is 2. The highest BCUT2D eigenvalue weighted by molar-refractivity contribution is 6.27. The molecule has 26 heavy (non-hydrogen) atoms. The Bertz CT molecular complexity index is 401. The number of hydrogen-bond acceptors (Lipinski definition) is 6. The summed E-state index contributed by atoms with van der Waals surface area (Å²) in [6.45, 7) is 6.46. The number of hydrogen-bond donors (Lipinski definition) is 4. The van der Waals surface area contributed by atoms with Gasteiger partial charge in [0.05, 0.1) is 11.2 Å². The Hall–Kier alpha value is -1.22. The van der Waals surface area contributed by atoms with Gasteiger partial charge in [-0.2, -0.15) is 0 Å². The van der Waals surface area contributed by atoms with E-state index in [0.717, 1.165) is 39.4 Å². The normalized spacial score (nSPS) is 33.1. The molecule has 150 valence electrons. The molecule has 4 aliphatic rings. The minimum Gasteiger partial charge on any atom is -0.473 e. The van der Waals surface area contributed by atoms with Crippen LogP contribution in [0.2, 0.25) is 0 Å². The van der Waals surface area contributed by atoms with Crippen molar-refractivity contribution in [2.75, 3.05) is 39.4 Å². The zero-order chi connectivity index (χ0) is 18.9. The van der Waals surface area contributed by atoms with E-state index in [4.69, 9.17) is 29.3 Å². The number of carbonyl (C=O) groups is 2. The van der Waals surface area contributed by atoms with Crippen LogP contribution in [0.1, 0.15) is 51.4 Å². The molecular formula is C18H32N2O6. The van der Waals surface area contributed by atoms with Gasteiger partial charge in [-0.15, -0.1) is 0 Å². The highest BCUT2D eigenvalue weighted by Crippen LogP contribution is 2.30. The van der Waals surface area contributed by atoms with Crippen molar-refractivity contribution in [1.29, 1.82) is 0 Å². The quantitative estimate of drug-likeness (QED) is 0.465. The van der Waals surface area contributed by atoms with E-state index in [1.165, 1.54) is 51.4 Å². The van der Waals surface area contributed by atoms with Crippen molar-refractivity contribution in [3.63, 3.8) is 0 Å². The molecular weight excluding hydrogens is 340 g/mol. The molecule has 0 bridgehead atoms. The van der Waals surface area contributed by atoms with E-state index >= 15 is 0 Å². The van der Waals surface area contributed by atoms with E-state index in [0.29, 0.717) is 0 Å². The van der Waals surface area contributed by atoms with Crippen LogP contribution < -0.4 is 10.6 Å². The summed E-state index contributed by atoms with van der Waals surface area (Å²) in [6.07, 6.45) is 10.3. The minimum atomic E-state index is -1.82. The smallest absolute Gasteiger partial charge is 0.414 e. The van der Waals surface area contributed by atoms with Crippen molar-refractivity contribution >= 4 is 11.9 Å². The molecule has 8 nitrogen and oxygen atoms in total. The molecule has 4 aliphatic heterocycles. The molecule has 4 rings (SSSR count). The molecule has 4 fully saturated rings. The lowest BCUT2D eigenvalue weighted by Gasteiger charge is -2.32. The molecule has 0 radical (unpaired) electrons. The van der Waals surface area contributed by atoms with Crippen molar-refractivity contribution in [2.24, 2.45) is 0 Å². The fraction of sp³-hybridized carbons (Fsp3) is 0.889. The zero-order valence-corrected chi connectivity index (χ0v) is 15.4. The van der Waals surface area contributed by atoms with Crippen LogP contribution >= 0.6 is 0 Å². The molecule has 8 heteroatoms. The summed E-state index contributed by atoms with van der Waals surface area (Å²) in [5.74, 6) is -3.65. The molecule has 0 aromatic carbocycles. The first kappa shape index (κ1) is 21.1. The lowest BCUT2D eigenvalue weighted by atomic mass is 9.93. The predicted octanol–water partition coefficient (Wildman–Crippen LogP) is 0.994. The molecule has 0 saturated carbocycles. The van der Waals surface area contributed by atoms with Crippen LogP contribution in [0, 0.1) is 0 Å². The van der Waals surface area contributed by atoms with Gasteiger partial charge in [0.15, 0.2) is 0 Å². The number of rotatable bonds is 0. The highest BCUT2D eigenvalue weighted by Gasteiger charge is 2.36. The zero-order valence-electron chi connectivity index (χ0n) is 15.4. The first-order chi connectivity index (χ1) is 12.5. The molecule has 0 aromatic rings. The van der Waals surface area contributed by atoms with Crippen molar-refractivity contribution in [2.45, 2.75) is 62.6 Å². The maximum Gasteiger partial charge on any atom is 0.414 e. The minimum absolute atomic E-state index is 0.262. The summed E-state index contributed by atoms with van der Waals surface area (Å²) >= 11 is 0. The Kier molecular flexibility index (Phi) is 8.27. The van der Waals surface area contributed by atoms with Gasteiger partial charge in [0.2, 0.25) is 0 Å². The monoisotopic (exact) mass is 372 g/mol. The van der Waals surface area contributed by atoms with Crippen molar-refractivity contribution in [1.82, 2.24) is 10.6 Å². The molecule has 0 aromatic heterocycles. The highest BCUT2D eigenvalue weighted by atomic mass is 16.5. The average molecular weight is 372 g/mol. The van der Waals surface area contributed by atoms with Crippen molar-refractivity contribution in [3.05, 3.63) is 0 Å². The first-order valence-electron chi connectivity index (χ1n) is 9.63. The van der Waals surface area contributed by atoms with Gasteiger partial charge < -0.3 is 30.3 Å². The lowest BCUT2D eigenvalue weighted by Crippen LogP contribution is -2.38. The summed E-state index contributed by atoms with van der Waals surface area (Å²) < 4.78 is 11.5. The SMILES string of the molecule is C1CCC2(CCNC2)OC1.C1CCC2(CCNC2)OC1.O=C(O)C(=O)O. The van der Waals surface area contributed by atoms with Crippen molar-refractivity contribution in [3.8, 4) is 0 Å². The maximum atomic E-state index is 9.10. The van der Waals surface area contributed by atoms with Gasteiger partial charge in [-0.3, -0.25) is 0 Å². The van der Waals surface area contributed by atoms with Crippen LogP contribution in [-0.4, -0.2) is 72.7 Å². The van der Waals surface area contributed by atoms with E-state index in [1.807, 2.05) is 0 Å². The molecule has 4 saturated heterocycles. The van der Waals surface area contributed by atoms with E-state index in [-0.39, 0.29) is 11.2 Å². The summed E-state index contributed by atoms with van der Waals surface area (Å²) in [6, 6.07) is 0. The Morgan fingerprint density at radius 3 is 1.35 bits per heavy atom. The topological polar surface area (TPSA) is 117 Å². The second-order valence-corrected chi connectivity index (χ2v) is 7.44. The summed E-state index contributed by atoms with van der Waals surface area (Å²) in [5.41, 5.74) is 0.524. The van der Waals surface area contributed by atoms with Gasteiger partial charge >= 0.3 is 11.9 Å². The molecule has 0 amide bonds. The third-order valence-corrected chi connectivity index (χ3v) is 5.46. The van der Waals surface area contributed by atoms with E-state index in [9.17, 15) is 0 Å². The summed E-state index contributed by atoms with van der Waals surface area (Å²) in [7, 11) is 0. The fourth-order valence-electron chi connectivity index (χ4n) is 3.93. The van der Waals surface area contributed by atoms with Gasteiger partial charge in [0.25, 0.3) is 0 Å². The molecule has 0 aliphatic carbocycles. The van der Waals surface area contributed by atoms with Crippen molar-refractivity contribution < 1.29 is 29.3 Å². The van der Waals surface area contributed by atoms with E-state index in [1.54, 1.807) is 0 Å². The second-order valence-electron chi connectivity index (χ2n) is 7.44. The van der Waals surface area contributed by atoms with Gasteiger partial charge in [-0.05, 0) is 64.5 Å². The van der Waals surface area contributed by atoms with Crippen LogP contribution in [0.3, 0.4) is 0 Å². The predicted molar refractivity (Wildman–Crippen MR) is 95.3 cm³/mol. The van der Waals surface area contributed by atoms with Gasteiger partial charge in [0.1, 0.15) is 0 Å². The Morgan fingerprint density at radius 1 is 0.692 bits per heavy atom. The molecule has 4 N–H and O–H groups in total. The third-order valence-electron chi connectivity index (χ3n) is 5.46. The molecule has 2 spiro atoms. The standard InChI is InChI=1S/2C8H15NO.C2H2O4/c2*1-2-6-10-8(3-1)4-5-9-7-8;3-1(4)2(5)6/h2*9H,1-7H2;(H,3,4)(H,5,6). The molecule has 2 unspecified atom stereocenters.